The summed E-state index contributed by atoms with van der Waals surface area (Å²) in [5.41, 5.74) is 4.50. The summed E-state index contributed by atoms with van der Waals surface area (Å²) in [7, 11) is -4.52. The van der Waals surface area contributed by atoms with E-state index < -0.39 is 67.3 Å². The van der Waals surface area contributed by atoms with Gasteiger partial charge in [0.1, 0.15) is 24.3 Å². The fourth-order valence-corrected chi connectivity index (χ4v) is 5.59. The number of nitrogens with two attached hydrogens (primary N) is 1. The Morgan fingerprint density at radius 3 is 2.68 bits per heavy atom. The zero-order valence-electron chi connectivity index (χ0n) is 23.1. The van der Waals surface area contributed by atoms with Gasteiger partial charge in [-0.15, -0.1) is 5.92 Å². The highest BCUT2D eigenvalue weighted by Crippen LogP contribution is 2.51. The SMILES string of the molecule is [2H]C([2H])(O[P@@](=O)(C[C@@H](C)C(=O)OC(C)C)Oc1ccccc1)[C@H]1O[C@@H](n2cnc(N)nc2=O)C(Cl)(C#CC)[C@H]1O. The van der Waals surface area contributed by atoms with Crippen LogP contribution >= 0.6 is 19.2 Å². The normalized spacial score (nSPS) is 26.3. The number of para-hydroxylation sites is 1. The number of nitrogen functional groups attached to an aromatic ring is 1. The zero-order chi connectivity index (χ0) is 29.9. The van der Waals surface area contributed by atoms with Gasteiger partial charge in [0.2, 0.25) is 5.95 Å². The van der Waals surface area contributed by atoms with Crippen LogP contribution < -0.4 is 15.9 Å². The topological polar surface area (TPSA) is 165 Å². The largest absolute Gasteiger partial charge is 0.463 e. The second-order valence-electron chi connectivity index (χ2n) is 8.69. The Morgan fingerprint density at radius 1 is 1.39 bits per heavy atom. The number of aliphatic hydroxyl groups excluding tert-OH is 1. The minimum absolute atomic E-state index is 0.0749. The van der Waals surface area contributed by atoms with E-state index in [0.717, 1.165) is 10.9 Å². The number of halogens is 1. The van der Waals surface area contributed by atoms with Gasteiger partial charge in [-0.1, -0.05) is 42.6 Å². The van der Waals surface area contributed by atoms with Crippen molar-refractivity contribution in [2.75, 3.05) is 18.5 Å². The first kappa shape index (κ1) is 26.7. The number of hydrogen-bond acceptors (Lipinski definition) is 11. The molecule has 38 heavy (non-hydrogen) atoms. The van der Waals surface area contributed by atoms with E-state index in [0.29, 0.717) is 0 Å². The third-order valence-corrected chi connectivity index (χ3v) is 7.59. The fraction of sp³-hybridized carbons (Fsp3) is 0.500. The maximum absolute atomic E-state index is 14.0. The highest BCUT2D eigenvalue weighted by Gasteiger charge is 2.56. The summed E-state index contributed by atoms with van der Waals surface area (Å²) in [6.45, 7) is 3.06. The minimum Gasteiger partial charge on any atom is -0.463 e. The highest BCUT2D eigenvalue weighted by atomic mass is 35.5. The molecule has 6 atom stereocenters. The van der Waals surface area contributed by atoms with Gasteiger partial charge in [-0.05, 0) is 32.9 Å². The molecule has 2 aromatic rings. The quantitative estimate of drug-likeness (QED) is 0.186. The number of carbonyl (C=O) groups excluding carboxylic acids is 1. The van der Waals surface area contributed by atoms with Crippen LogP contribution in [0.25, 0.3) is 0 Å². The van der Waals surface area contributed by atoms with E-state index in [1.54, 1.807) is 32.0 Å². The average molecular weight is 571 g/mol. The molecule has 0 radical (unpaired) electrons. The molecule has 3 N–H and O–H groups in total. The number of alkyl halides is 1. The van der Waals surface area contributed by atoms with Gasteiger partial charge in [0.25, 0.3) is 0 Å². The van der Waals surface area contributed by atoms with Gasteiger partial charge in [-0.2, -0.15) is 4.98 Å². The van der Waals surface area contributed by atoms with E-state index in [9.17, 15) is 19.3 Å². The van der Waals surface area contributed by atoms with Crippen LogP contribution in [0.5, 0.6) is 5.75 Å². The lowest BCUT2D eigenvalue weighted by Crippen LogP contribution is -2.43. The molecule has 0 spiro atoms. The summed E-state index contributed by atoms with van der Waals surface area (Å²) in [5, 5.41) is 11.1. The molecule has 0 saturated carbocycles. The Bertz CT molecular complexity index is 1390. The van der Waals surface area contributed by atoms with Crippen LogP contribution in [0.2, 0.25) is 0 Å². The molecular weight excluding hydrogens is 539 g/mol. The lowest BCUT2D eigenvalue weighted by Gasteiger charge is -2.25. The van der Waals surface area contributed by atoms with E-state index >= 15 is 0 Å². The number of carbonyl (C=O) groups is 1. The maximum Gasteiger partial charge on any atom is 0.380 e. The molecule has 12 nitrogen and oxygen atoms in total. The van der Waals surface area contributed by atoms with Crippen LogP contribution in [0.1, 0.15) is 36.7 Å². The second-order valence-corrected chi connectivity index (χ2v) is 11.3. The third kappa shape index (κ3) is 6.92. The number of aliphatic hydroxyl groups is 1. The van der Waals surface area contributed by atoms with Crippen LogP contribution in [0, 0.1) is 17.8 Å². The Labute approximate surface area is 227 Å². The molecule has 1 aliphatic heterocycles. The third-order valence-electron chi connectivity index (χ3n) is 5.21. The molecule has 0 amide bonds. The molecular formula is C24H30ClN4O8P. The van der Waals surface area contributed by atoms with Crippen molar-refractivity contribution in [3.63, 3.8) is 0 Å². The number of aromatic nitrogens is 3. The number of anilines is 1. The fourth-order valence-electron chi connectivity index (χ4n) is 3.51. The van der Waals surface area contributed by atoms with Crippen LogP contribution in [0.3, 0.4) is 0 Å². The molecule has 0 bridgehead atoms. The van der Waals surface area contributed by atoms with Crippen LogP contribution in [-0.2, 0) is 23.4 Å². The van der Waals surface area contributed by atoms with Crippen molar-refractivity contribution in [1.29, 1.82) is 0 Å². The molecule has 1 aliphatic rings. The summed E-state index contributed by atoms with van der Waals surface area (Å²) < 4.78 is 54.0. The number of esters is 1. The Kier molecular flexibility index (Phi) is 8.61. The Balaban J connectivity index is 1.99. The number of rotatable bonds is 10. The molecule has 14 heteroatoms. The number of benzene rings is 1. The van der Waals surface area contributed by atoms with Crippen molar-refractivity contribution in [2.24, 2.45) is 5.92 Å². The van der Waals surface area contributed by atoms with Crippen molar-refractivity contribution in [1.82, 2.24) is 14.5 Å². The molecule has 1 aromatic heterocycles. The summed E-state index contributed by atoms with van der Waals surface area (Å²) >= 11 is 6.63. The Hall–Kier alpha value is -2.94. The second kappa shape index (κ2) is 12.3. The summed E-state index contributed by atoms with van der Waals surface area (Å²) in [5.74, 6) is 3.08. The van der Waals surface area contributed by atoms with Gasteiger partial charge in [-0.3, -0.25) is 13.9 Å². The molecule has 206 valence electrons. The predicted octanol–water partition coefficient (Wildman–Crippen LogP) is 2.36. The van der Waals surface area contributed by atoms with E-state index in [2.05, 4.69) is 21.8 Å². The Morgan fingerprint density at radius 2 is 2.08 bits per heavy atom. The number of ether oxygens (including phenoxy) is 2. The minimum atomic E-state index is -4.52. The molecule has 2 heterocycles. The average Bonchev–Trinajstić information content (AvgIpc) is 3.10. The van der Waals surface area contributed by atoms with Crippen LogP contribution in [0.15, 0.2) is 41.5 Å². The van der Waals surface area contributed by atoms with E-state index in [4.69, 9.17) is 38.6 Å². The first-order valence-corrected chi connectivity index (χ1v) is 13.6. The molecule has 0 aliphatic carbocycles. The van der Waals surface area contributed by atoms with Gasteiger partial charge in [0.15, 0.2) is 11.1 Å². The van der Waals surface area contributed by atoms with Gasteiger partial charge in [0, 0.05) is 0 Å². The lowest BCUT2D eigenvalue weighted by molar-refractivity contribution is -0.151. The standard InChI is InChI=1S/C24H30ClN4O8P/c1-5-11-24(25)19(30)18(36-21(24)29-14-27-22(26)28-23(29)32)12-34-38(33,37-17-9-7-6-8-10-17)13-16(4)20(31)35-15(2)3/h6-10,14-16,18-19,21,30H,12-13H2,1-4H3,(H2,26,28,32)/t16-,18-,19+,21-,24?,38+/m1/s1/i12D2. The van der Waals surface area contributed by atoms with E-state index in [1.165, 1.54) is 26.0 Å². The van der Waals surface area contributed by atoms with Crippen LogP contribution in [0.4, 0.5) is 5.95 Å². The molecule has 1 fully saturated rings. The van der Waals surface area contributed by atoms with Gasteiger partial charge in [0.05, 0.1) is 27.5 Å². The lowest BCUT2D eigenvalue weighted by atomic mass is 9.99. The summed E-state index contributed by atoms with van der Waals surface area (Å²) in [4.78, 5) is 30.1. The number of nitrogens with zero attached hydrogens (tertiary/aromatic N) is 3. The highest BCUT2D eigenvalue weighted by molar-refractivity contribution is 7.54. The van der Waals surface area contributed by atoms with Gasteiger partial charge < -0.3 is 24.8 Å². The van der Waals surface area contributed by atoms with Crippen molar-refractivity contribution in [3.05, 3.63) is 47.1 Å². The van der Waals surface area contributed by atoms with E-state index in [1.807, 2.05) is 0 Å². The maximum atomic E-state index is 14.0. The predicted molar refractivity (Wildman–Crippen MR) is 139 cm³/mol. The monoisotopic (exact) mass is 570 g/mol. The van der Waals surface area contributed by atoms with E-state index in [-0.39, 0.29) is 11.7 Å². The van der Waals surface area contributed by atoms with Crippen molar-refractivity contribution in [2.45, 2.75) is 57.1 Å². The van der Waals surface area contributed by atoms with Crippen molar-refractivity contribution in [3.8, 4) is 17.6 Å². The first-order valence-electron chi connectivity index (χ1n) is 12.5. The number of hydrogen-bond donors (Lipinski definition) is 2. The molecule has 3 rings (SSSR count). The van der Waals surface area contributed by atoms with Crippen molar-refractivity contribution < 1.29 is 35.7 Å². The summed E-state index contributed by atoms with van der Waals surface area (Å²) in [6, 6.07) is 7.80. The zero-order valence-corrected chi connectivity index (χ0v) is 22.8. The van der Waals surface area contributed by atoms with Crippen molar-refractivity contribution >= 4 is 31.1 Å². The molecule has 1 aromatic carbocycles. The van der Waals surface area contributed by atoms with Gasteiger partial charge >= 0.3 is 19.3 Å². The smallest absolute Gasteiger partial charge is 0.380 e. The first-order chi connectivity index (χ1) is 18.6. The van der Waals surface area contributed by atoms with Crippen LogP contribution in [-0.4, -0.2) is 61.5 Å². The van der Waals surface area contributed by atoms with Gasteiger partial charge in [-0.25, -0.2) is 14.3 Å². The molecule has 1 saturated heterocycles. The summed E-state index contributed by atoms with van der Waals surface area (Å²) in [6.07, 6.45) is -5.56. The molecule has 1 unspecified atom stereocenters.